The van der Waals surface area contributed by atoms with Crippen LogP contribution in [0.2, 0.25) is 0 Å². The summed E-state index contributed by atoms with van der Waals surface area (Å²) in [5.74, 6) is -0.443. The van der Waals surface area contributed by atoms with Crippen LogP contribution in [0, 0.1) is 0 Å². The predicted molar refractivity (Wildman–Crippen MR) is 67.4 cm³/mol. The second-order valence-corrected chi connectivity index (χ2v) is 3.85. The van der Waals surface area contributed by atoms with Gasteiger partial charge in [-0.1, -0.05) is 0 Å². The second-order valence-electron chi connectivity index (χ2n) is 3.85. The summed E-state index contributed by atoms with van der Waals surface area (Å²) < 4.78 is 4.63. The highest BCUT2D eigenvalue weighted by atomic mass is 16.5. The molecule has 1 rings (SSSR count). The minimum absolute atomic E-state index is 0.184. The number of hydrogen-bond donors (Lipinski definition) is 1. The lowest BCUT2D eigenvalue weighted by atomic mass is 10.1. The van der Waals surface area contributed by atoms with Crippen LogP contribution < -0.4 is 5.32 Å². The van der Waals surface area contributed by atoms with Crippen LogP contribution in [0.5, 0.6) is 0 Å². The number of amides is 1. The van der Waals surface area contributed by atoms with Crippen molar-refractivity contribution in [1.82, 2.24) is 9.88 Å². The Morgan fingerprint density at radius 1 is 1.61 bits per heavy atom. The van der Waals surface area contributed by atoms with Crippen molar-refractivity contribution in [2.75, 3.05) is 26.5 Å². The van der Waals surface area contributed by atoms with Gasteiger partial charge in [-0.15, -0.1) is 0 Å². The highest BCUT2D eigenvalue weighted by Crippen LogP contribution is 2.24. The van der Waals surface area contributed by atoms with Crippen molar-refractivity contribution in [2.24, 2.45) is 0 Å². The van der Waals surface area contributed by atoms with Crippen LogP contribution in [0.15, 0.2) is 12.3 Å². The number of anilines is 1. The number of carbonyl (C=O) groups excluding carboxylic acids is 2. The van der Waals surface area contributed by atoms with E-state index in [0.717, 1.165) is 6.41 Å². The Kier molecular flexibility index (Phi) is 4.65. The Balaban J connectivity index is 3.14. The number of nitrogens with one attached hydrogen (secondary N) is 1. The zero-order valence-electron chi connectivity index (χ0n) is 10.9. The average molecular weight is 251 g/mol. The number of carbonyl (C=O) groups is 2. The number of esters is 1. The van der Waals surface area contributed by atoms with Crippen LogP contribution in [0.3, 0.4) is 0 Å². The van der Waals surface area contributed by atoms with E-state index in [9.17, 15) is 9.59 Å². The van der Waals surface area contributed by atoms with Crippen LogP contribution in [-0.2, 0) is 9.53 Å². The van der Waals surface area contributed by atoms with Crippen LogP contribution in [-0.4, -0.2) is 43.5 Å². The Morgan fingerprint density at radius 2 is 2.28 bits per heavy atom. The maximum atomic E-state index is 11.4. The van der Waals surface area contributed by atoms with Gasteiger partial charge in [0.25, 0.3) is 0 Å². The summed E-state index contributed by atoms with van der Waals surface area (Å²) in [5, 5.41) is 2.96. The van der Waals surface area contributed by atoms with Gasteiger partial charge in [0, 0.05) is 20.3 Å². The summed E-state index contributed by atoms with van der Waals surface area (Å²) in [6.07, 6.45) is 2.18. The highest BCUT2D eigenvalue weighted by molar-refractivity contribution is 5.90. The Bertz CT molecular complexity index is 448. The molecule has 0 saturated heterocycles. The number of hydrogen-bond acceptors (Lipinski definition) is 5. The number of nitrogens with zero attached hydrogens (tertiary/aromatic N) is 2. The molecule has 6 nitrogen and oxygen atoms in total. The summed E-state index contributed by atoms with van der Waals surface area (Å²) in [6, 6.07) is 1.47. The molecule has 1 aromatic rings. The van der Waals surface area contributed by atoms with Crippen molar-refractivity contribution in [2.45, 2.75) is 13.0 Å². The molecule has 0 bridgehead atoms. The summed E-state index contributed by atoms with van der Waals surface area (Å²) >= 11 is 0. The first-order chi connectivity index (χ1) is 8.54. The monoisotopic (exact) mass is 251 g/mol. The molecule has 0 fully saturated rings. The summed E-state index contributed by atoms with van der Waals surface area (Å²) in [5.41, 5.74) is 1.76. The molecular weight excluding hydrogens is 234 g/mol. The molecule has 1 N–H and O–H groups in total. The minimum atomic E-state index is -0.443. The first kappa shape index (κ1) is 14.0. The Labute approximate surface area is 106 Å². The van der Waals surface area contributed by atoms with Crippen molar-refractivity contribution in [3.05, 3.63) is 23.5 Å². The Morgan fingerprint density at radius 3 is 2.78 bits per heavy atom. The van der Waals surface area contributed by atoms with Crippen molar-refractivity contribution >= 4 is 18.1 Å². The molecule has 1 atom stereocenters. The van der Waals surface area contributed by atoms with E-state index in [1.54, 1.807) is 20.2 Å². The van der Waals surface area contributed by atoms with Crippen LogP contribution in [0.4, 0.5) is 5.69 Å². The van der Waals surface area contributed by atoms with Crippen LogP contribution in [0.25, 0.3) is 0 Å². The smallest absolute Gasteiger partial charge is 0.339 e. The van der Waals surface area contributed by atoms with E-state index >= 15 is 0 Å². The highest BCUT2D eigenvalue weighted by Gasteiger charge is 2.17. The van der Waals surface area contributed by atoms with Gasteiger partial charge in [-0.25, -0.2) is 4.79 Å². The van der Waals surface area contributed by atoms with E-state index in [-0.39, 0.29) is 6.04 Å². The number of methoxy groups -OCH3 is 1. The molecule has 1 amide bonds. The minimum Gasteiger partial charge on any atom is -0.465 e. The van der Waals surface area contributed by atoms with Gasteiger partial charge in [0.15, 0.2) is 0 Å². The number of aromatic nitrogens is 1. The van der Waals surface area contributed by atoms with Gasteiger partial charge >= 0.3 is 5.97 Å². The summed E-state index contributed by atoms with van der Waals surface area (Å²) in [7, 11) is 4.72. The van der Waals surface area contributed by atoms with Gasteiger partial charge in [0.05, 0.1) is 30.1 Å². The second kappa shape index (κ2) is 6.00. The molecule has 1 heterocycles. The molecule has 0 aliphatic heterocycles. The molecule has 98 valence electrons. The number of rotatable bonds is 5. The van der Waals surface area contributed by atoms with E-state index in [1.165, 1.54) is 18.2 Å². The van der Waals surface area contributed by atoms with E-state index in [1.807, 2.05) is 6.92 Å². The predicted octanol–water partition coefficient (Wildman–Crippen LogP) is 1.06. The molecule has 0 saturated carbocycles. The van der Waals surface area contributed by atoms with Crippen molar-refractivity contribution in [3.8, 4) is 0 Å². The van der Waals surface area contributed by atoms with Gasteiger partial charge in [-0.2, -0.15) is 0 Å². The average Bonchev–Trinajstić information content (AvgIpc) is 2.43. The largest absolute Gasteiger partial charge is 0.465 e. The van der Waals surface area contributed by atoms with Crippen molar-refractivity contribution < 1.29 is 14.3 Å². The molecule has 18 heavy (non-hydrogen) atoms. The van der Waals surface area contributed by atoms with Gasteiger partial charge < -0.3 is 15.0 Å². The molecule has 0 aliphatic rings. The van der Waals surface area contributed by atoms with E-state index in [0.29, 0.717) is 16.9 Å². The lowest BCUT2D eigenvalue weighted by Gasteiger charge is -2.22. The molecule has 1 unspecified atom stereocenters. The van der Waals surface area contributed by atoms with Gasteiger partial charge in [-0.05, 0) is 13.0 Å². The third kappa shape index (κ3) is 2.77. The van der Waals surface area contributed by atoms with E-state index < -0.39 is 5.97 Å². The quantitative estimate of drug-likeness (QED) is 0.626. The first-order valence-electron chi connectivity index (χ1n) is 5.48. The van der Waals surface area contributed by atoms with Crippen LogP contribution >= 0.6 is 0 Å². The fourth-order valence-corrected chi connectivity index (χ4v) is 1.52. The standard InChI is InChI=1S/C12H17N3O3/c1-8(15(3)7-16)11-10(13-2)5-9(6-14-11)12(17)18-4/h5-8,13H,1-4H3. The van der Waals surface area contributed by atoms with E-state index in [2.05, 4.69) is 15.0 Å². The molecular formula is C12H17N3O3. The van der Waals surface area contributed by atoms with Crippen molar-refractivity contribution in [1.29, 1.82) is 0 Å². The molecule has 1 aromatic heterocycles. The topological polar surface area (TPSA) is 71.5 Å². The fraction of sp³-hybridized carbons (Fsp3) is 0.417. The molecule has 0 radical (unpaired) electrons. The number of pyridine rings is 1. The first-order valence-corrected chi connectivity index (χ1v) is 5.48. The lowest BCUT2D eigenvalue weighted by Crippen LogP contribution is -2.22. The third-order valence-corrected chi connectivity index (χ3v) is 2.78. The molecule has 0 aliphatic carbocycles. The molecule has 0 spiro atoms. The molecule has 6 heteroatoms. The number of ether oxygens (including phenoxy) is 1. The van der Waals surface area contributed by atoms with Gasteiger partial charge in [0.1, 0.15) is 0 Å². The zero-order valence-corrected chi connectivity index (χ0v) is 10.9. The maximum Gasteiger partial charge on any atom is 0.339 e. The van der Waals surface area contributed by atoms with Gasteiger partial charge in [0.2, 0.25) is 6.41 Å². The SMILES string of the molecule is CNc1cc(C(=O)OC)cnc1C(C)N(C)C=O. The summed E-state index contributed by atoms with van der Waals surface area (Å²) in [4.78, 5) is 27.9. The lowest BCUT2D eigenvalue weighted by molar-refractivity contribution is -0.118. The van der Waals surface area contributed by atoms with E-state index in [4.69, 9.17) is 0 Å². The third-order valence-electron chi connectivity index (χ3n) is 2.78. The Hall–Kier alpha value is -2.11. The van der Waals surface area contributed by atoms with Crippen molar-refractivity contribution in [3.63, 3.8) is 0 Å². The molecule has 0 aromatic carbocycles. The summed E-state index contributed by atoms with van der Waals surface area (Å²) in [6.45, 7) is 1.86. The normalized spacial score (nSPS) is 11.6. The van der Waals surface area contributed by atoms with Gasteiger partial charge in [-0.3, -0.25) is 9.78 Å². The zero-order chi connectivity index (χ0) is 13.7. The fourth-order valence-electron chi connectivity index (χ4n) is 1.52. The maximum absolute atomic E-state index is 11.4. The van der Waals surface area contributed by atoms with Crippen LogP contribution in [0.1, 0.15) is 29.0 Å².